The molecule has 17 heavy (non-hydrogen) atoms. The minimum atomic E-state index is 0.149. The van der Waals surface area contributed by atoms with E-state index in [1.54, 1.807) is 11.3 Å². The molecule has 2 aromatic rings. The van der Waals surface area contributed by atoms with E-state index in [1.807, 2.05) is 31.2 Å². The van der Waals surface area contributed by atoms with Crippen LogP contribution in [0.2, 0.25) is 0 Å². The van der Waals surface area contributed by atoms with E-state index < -0.39 is 0 Å². The lowest BCUT2D eigenvalue weighted by Crippen LogP contribution is -1.95. The van der Waals surface area contributed by atoms with E-state index in [1.165, 1.54) is 4.88 Å². The molecule has 1 aromatic carbocycles. The summed E-state index contributed by atoms with van der Waals surface area (Å²) in [5.74, 6) is 0. The highest BCUT2D eigenvalue weighted by Gasteiger charge is 2.08. The lowest BCUT2D eigenvalue weighted by molar-refractivity contribution is 0.298. The maximum Gasteiger partial charge on any atom is 0.123 e. The van der Waals surface area contributed by atoms with E-state index in [0.717, 1.165) is 21.8 Å². The molecular weight excluding hydrogens is 232 g/mol. The van der Waals surface area contributed by atoms with Gasteiger partial charge in [-0.25, -0.2) is 4.98 Å². The molecule has 2 rings (SSSR count). The molecule has 0 aliphatic rings. The third-order valence-corrected chi connectivity index (χ3v) is 3.74. The summed E-state index contributed by atoms with van der Waals surface area (Å²) in [4.78, 5) is 5.73. The second-order valence-electron chi connectivity index (χ2n) is 3.90. The topological polar surface area (TPSA) is 59.1 Å². The fourth-order valence-corrected chi connectivity index (χ4v) is 2.64. The molecular formula is C13H16N2OS. The summed E-state index contributed by atoms with van der Waals surface area (Å²) >= 11 is 1.67. The predicted octanol–water partition coefficient (Wildman–Crippen LogP) is 2.11. The van der Waals surface area contributed by atoms with Crippen molar-refractivity contribution in [1.29, 1.82) is 0 Å². The number of thiazole rings is 1. The highest BCUT2D eigenvalue weighted by molar-refractivity contribution is 7.15. The molecule has 0 unspecified atom stereocenters. The standard InChI is InChI=1S/C13H16N2OS/c1-9-12(6-7-16)15-13(17-9)11-4-2-10(8-14)3-5-11/h2-5,16H,6-8,14H2,1H3. The molecule has 0 aliphatic carbocycles. The molecule has 3 nitrogen and oxygen atoms in total. The zero-order valence-electron chi connectivity index (χ0n) is 9.81. The molecule has 0 bridgehead atoms. The number of hydrogen-bond donors (Lipinski definition) is 2. The van der Waals surface area contributed by atoms with Crippen LogP contribution in [0.15, 0.2) is 24.3 Å². The van der Waals surface area contributed by atoms with E-state index in [4.69, 9.17) is 10.8 Å². The number of aromatic nitrogens is 1. The third-order valence-electron chi connectivity index (χ3n) is 2.68. The van der Waals surface area contributed by atoms with Crippen LogP contribution < -0.4 is 5.73 Å². The van der Waals surface area contributed by atoms with Crippen LogP contribution in [0.3, 0.4) is 0 Å². The number of hydrogen-bond acceptors (Lipinski definition) is 4. The molecule has 0 radical (unpaired) electrons. The number of nitrogens with two attached hydrogens (primary N) is 1. The Morgan fingerprint density at radius 2 is 2.00 bits per heavy atom. The van der Waals surface area contributed by atoms with Crippen molar-refractivity contribution in [2.75, 3.05) is 6.61 Å². The Bertz CT molecular complexity index is 491. The molecule has 1 aromatic heterocycles. The zero-order valence-corrected chi connectivity index (χ0v) is 10.6. The Hall–Kier alpha value is -1.23. The first kappa shape index (κ1) is 12.2. The quantitative estimate of drug-likeness (QED) is 0.871. The van der Waals surface area contributed by atoms with Crippen molar-refractivity contribution < 1.29 is 5.11 Å². The van der Waals surface area contributed by atoms with Gasteiger partial charge >= 0.3 is 0 Å². The van der Waals surface area contributed by atoms with Crippen LogP contribution in [0.25, 0.3) is 10.6 Å². The van der Waals surface area contributed by atoms with Gasteiger partial charge in [0, 0.05) is 30.0 Å². The normalized spacial score (nSPS) is 10.8. The molecule has 0 fully saturated rings. The van der Waals surface area contributed by atoms with E-state index in [2.05, 4.69) is 4.98 Å². The van der Waals surface area contributed by atoms with Gasteiger partial charge in [-0.2, -0.15) is 0 Å². The number of nitrogens with zero attached hydrogens (tertiary/aromatic N) is 1. The van der Waals surface area contributed by atoms with Crippen LogP contribution in [-0.4, -0.2) is 16.7 Å². The average molecular weight is 248 g/mol. The van der Waals surface area contributed by atoms with Gasteiger partial charge in [0.15, 0.2) is 0 Å². The van der Waals surface area contributed by atoms with Crippen molar-refractivity contribution in [2.24, 2.45) is 5.73 Å². The van der Waals surface area contributed by atoms with Crippen molar-refractivity contribution in [1.82, 2.24) is 4.98 Å². The van der Waals surface area contributed by atoms with Gasteiger partial charge in [-0.15, -0.1) is 11.3 Å². The lowest BCUT2D eigenvalue weighted by atomic mass is 10.1. The van der Waals surface area contributed by atoms with E-state index in [9.17, 15) is 0 Å². The van der Waals surface area contributed by atoms with E-state index >= 15 is 0 Å². The van der Waals surface area contributed by atoms with Gasteiger partial charge in [0.2, 0.25) is 0 Å². The van der Waals surface area contributed by atoms with Crippen molar-refractivity contribution in [3.63, 3.8) is 0 Å². The van der Waals surface area contributed by atoms with Crippen molar-refractivity contribution >= 4 is 11.3 Å². The van der Waals surface area contributed by atoms with Crippen LogP contribution in [0, 0.1) is 6.92 Å². The van der Waals surface area contributed by atoms with Gasteiger partial charge in [0.25, 0.3) is 0 Å². The monoisotopic (exact) mass is 248 g/mol. The largest absolute Gasteiger partial charge is 0.396 e. The summed E-state index contributed by atoms with van der Waals surface area (Å²) in [7, 11) is 0. The van der Waals surface area contributed by atoms with Gasteiger partial charge in [-0.05, 0) is 12.5 Å². The highest BCUT2D eigenvalue weighted by Crippen LogP contribution is 2.27. The van der Waals surface area contributed by atoms with Gasteiger partial charge in [-0.1, -0.05) is 24.3 Å². The number of rotatable bonds is 4. The molecule has 0 amide bonds. The molecule has 0 atom stereocenters. The zero-order chi connectivity index (χ0) is 12.3. The molecule has 3 N–H and O–H groups in total. The average Bonchev–Trinajstić information content (AvgIpc) is 2.72. The maximum absolute atomic E-state index is 8.94. The smallest absolute Gasteiger partial charge is 0.123 e. The van der Waals surface area contributed by atoms with Crippen molar-refractivity contribution in [3.8, 4) is 10.6 Å². The number of aryl methyl sites for hydroxylation is 1. The summed E-state index contributed by atoms with van der Waals surface area (Å²) in [5.41, 5.74) is 8.79. The summed E-state index contributed by atoms with van der Waals surface area (Å²) < 4.78 is 0. The van der Waals surface area contributed by atoms with Crippen LogP contribution in [0.1, 0.15) is 16.1 Å². The minimum absolute atomic E-state index is 0.149. The fraction of sp³-hybridized carbons (Fsp3) is 0.308. The van der Waals surface area contributed by atoms with Crippen LogP contribution in [-0.2, 0) is 13.0 Å². The van der Waals surface area contributed by atoms with Gasteiger partial charge in [0.05, 0.1) is 5.69 Å². The summed E-state index contributed by atoms with van der Waals surface area (Å²) in [5, 5.41) is 9.95. The Balaban J connectivity index is 2.29. The lowest BCUT2D eigenvalue weighted by Gasteiger charge is -1.98. The Labute approximate surface area is 105 Å². The second kappa shape index (κ2) is 5.40. The molecule has 0 saturated heterocycles. The Kier molecular flexibility index (Phi) is 3.89. The van der Waals surface area contributed by atoms with Crippen LogP contribution in [0.4, 0.5) is 0 Å². The summed E-state index contributed by atoms with van der Waals surface area (Å²) in [6.07, 6.45) is 0.628. The van der Waals surface area contributed by atoms with E-state index in [0.29, 0.717) is 13.0 Å². The van der Waals surface area contributed by atoms with E-state index in [-0.39, 0.29) is 6.61 Å². The van der Waals surface area contributed by atoms with Crippen molar-refractivity contribution in [2.45, 2.75) is 19.9 Å². The number of benzene rings is 1. The number of aliphatic hydroxyl groups excluding tert-OH is 1. The Morgan fingerprint density at radius 1 is 1.29 bits per heavy atom. The molecule has 90 valence electrons. The number of aliphatic hydroxyl groups is 1. The maximum atomic E-state index is 8.94. The highest BCUT2D eigenvalue weighted by atomic mass is 32.1. The second-order valence-corrected chi connectivity index (χ2v) is 5.10. The molecule has 0 aliphatic heterocycles. The summed E-state index contributed by atoms with van der Waals surface area (Å²) in [6, 6.07) is 8.14. The SMILES string of the molecule is Cc1sc(-c2ccc(CN)cc2)nc1CCO. The predicted molar refractivity (Wildman–Crippen MR) is 71.0 cm³/mol. The fourth-order valence-electron chi connectivity index (χ4n) is 1.67. The molecule has 0 spiro atoms. The van der Waals surface area contributed by atoms with Crippen LogP contribution in [0.5, 0.6) is 0 Å². The van der Waals surface area contributed by atoms with Gasteiger partial charge < -0.3 is 10.8 Å². The van der Waals surface area contributed by atoms with Crippen molar-refractivity contribution in [3.05, 3.63) is 40.4 Å². The Morgan fingerprint density at radius 3 is 2.59 bits per heavy atom. The molecule has 4 heteroatoms. The third kappa shape index (κ3) is 2.72. The first-order valence-corrected chi connectivity index (χ1v) is 6.42. The van der Waals surface area contributed by atoms with Crippen LogP contribution >= 0.6 is 11.3 Å². The van der Waals surface area contributed by atoms with Gasteiger partial charge in [0.1, 0.15) is 5.01 Å². The first-order chi connectivity index (χ1) is 8.24. The summed E-state index contributed by atoms with van der Waals surface area (Å²) in [6.45, 7) is 2.75. The first-order valence-electron chi connectivity index (χ1n) is 5.61. The molecule has 0 saturated carbocycles. The molecule has 1 heterocycles. The van der Waals surface area contributed by atoms with Gasteiger partial charge in [-0.3, -0.25) is 0 Å². The minimum Gasteiger partial charge on any atom is -0.396 e.